The lowest BCUT2D eigenvalue weighted by Gasteiger charge is -2.15. The number of aromatic amines is 1. The minimum absolute atomic E-state index is 0.251. The third-order valence-corrected chi connectivity index (χ3v) is 4.60. The van der Waals surface area contributed by atoms with E-state index in [9.17, 15) is 4.39 Å². The first-order chi connectivity index (χ1) is 14.5. The van der Waals surface area contributed by atoms with Gasteiger partial charge in [-0.3, -0.25) is 5.10 Å². The van der Waals surface area contributed by atoms with Crippen molar-refractivity contribution < 1.29 is 9.13 Å². The number of halogens is 2. The fourth-order valence-electron chi connectivity index (χ4n) is 2.83. The van der Waals surface area contributed by atoms with E-state index in [-0.39, 0.29) is 5.56 Å². The topological polar surface area (TPSA) is 91.9 Å². The SMILES string of the molecule is CN(C)CCOc1nnc(-c2cc(Cl)ccc2F)cc1Nc1ccnc2[nH]ncc12. The van der Waals surface area contributed by atoms with Crippen molar-refractivity contribution in [1.82, 2.24) is 30.3 Å². The van der Waals surface area contributed by atoms with Gasteiger partial charge in [0.05, 0.1) is 23.0 Å². The molecule has 0 atom stereocenters. The number of ether oxygens (including phenoxy) is 1. The number of nitrogens with one attached hydrogen (secondary N) is 2. The van der Waals surface area contributed by atoms with Crippen molar-refractivity contribution in [2.75, 3.05) is 32.6 Å². The van der Waals surface area contributed by atoms with E-state index in [1.807, 2.05) is 25.1 Å². The fourth-order valence-corrected chi connectivity index (χ4v) is 3.00. The van der Waals surface area contributed by atoms with E-state index in [0.29, 0.717) is 41.1 Å². The summed E-state index contributed by atoms with van der Waals surface area (Å²) >= 11 is 6.04. The smallest absolute Gasteiger partial charge is 0.257 e. The maximum absolute atomic E-state index is 14.4. The molecule has 2 N–H and O–H groups in total. The van der Waals surface area contributed by atoms with Crippen LogP contribution in [0.15, 0.2) is 42.7 Å². The summed E-state index contributed by atoms with van der Waals surface area (Å²) in [5.74, 6) is -0.140. The third-order valence-electron chi connectivity index (χ3n) is 4.37. The Kier molecular flexibility index (Phi) is 5.73. The summed E-state index contributed by atoms with van der Waals surface area (Å²) in [6, 6.07) is 7.78. The monoisotopic (exact) mass is 427 g/mol. The van der Waals surface area contributed by atoms with Gasteiger partial charge in [-0.25, -0.2) is 9.37 Å². The predicted octanol–water partition coefficient (Wildman–Crippen LogP) is 3.89. The van der Waals surface area contributed by atoms with Crippen molar-refractivity contribution >= 4 is 34.0 Å². The van der Waals surface area contributed by atoms with Gasteiger partial charge in [-0.15, -0.1) is 10.2 Å². The average Bonchev–Trinajstić information content (AvgIpc) is 3.20. The molecule has 4 rings (SSSR count). The Morgan fingerprint density at radius 3 is 2.87 bits per heavy atom. The molecule has 3 aromatic heterocycles. The van der Waals surface area contributed by atoms with Crippen LogP contribution in [0.1, 0.15) is 0 Å². The van der Waals surface area contributed by atoms with Crippen LogP contribution >= 0.6 is 11.6 Å². The van der Waals surface area contributed by atoms with Crippen molar-refractivity contribution in [2.45, 2.75) is 0 Å². The maximum Gasteiger partial charge on any atom is 0.257 e. The van der Waals surface area contributed by atoms with Crippen LogP contribution < -0.4 is 10.1 Å². The zero-order valence-corrected chi connectivity index (χ0v) is 17.1. The van der Waals surface area contributed by atoms with Gasteiger partial charge in [-0.2, -0.15) is 5.10 Å². The molecular formula is C20H19ClFN7O. The van der Waals surface area contributed by atoms with Gasteiger partial charge in [0.2, 0.25) is 0 Å². The second kappa shape index (κ2) is 8.60. The first-order valence-electron chi connectivity index (χ1n) is 9.17. The van der Waals surface area contributed by atoms with E-state index in [4.69, 9.17) is 16.3 Å². The first-order valence-corrected chi connectivity index (χ1v) is 9.55. The van der Waals surface area contributed by atoms with Crippen LogP contribution in [-0.4, -0.2) is 57.5 Å². The Bertz CT molecular complexity index is 1180. The highest BCUT2D eigenvalue weighted by atomic mass is 35.5. The van der Waals surface area contributed by atoms with Gasteiger partial charge in [0.1, 0.15) is 18.1 Å². The van der Waals surface area contributed by atoms with Crippen molar-refractivity contribution in [3.63, 3.8) is 0 Å². The van der Waals surface area contributed by atoms with Crippen LogP contribution in [0.25, 0.3) is 22.3 Å². The molecule has 0 radical (unpaired) electrons. The van der Waals surface area contributed by atoms with Crippen molar-refractivity contribution in [2.24, 2.45) is 0 Å². The third kappa shape index (κ3) is 4.32. The Hall–Kier alpha value is -3.30. The lowest BCUT2D eigenvalue weighted by Crippen LogP contribution is -2.20. The number of hydrogen-bond acceptors (Lipinski definition) is 7. The zero-order chi connectivity index (χ0) is 21.1. The largest absolute Gasteiger partial charge is 0.474 e. The fraction of sp³-hybridized carbons (Fsp3) is 0.200. The van der Waals surface area contributed by atoms with Crippen LogP contribution in [0, 0.1) is 5.82 Å². The van der Waals surface area contributed by atoms with Crippen LogP contribution in [0.2, 0.25) is 5.02 Å². The second-order valence-corrected chi connectivity index (χ2v) is 7.28. The van der Waals surface area contributed by atoms with E-state index in [0.717, 1.165) is 11.1 Å². The van der Waals surface area contributed by atoms with Crippen molar-refractivity contribution in [3.8, 4) is 17.1 Å². The normalized spacial score (nSPS) is 11.2. The molecule has 3 heterocycles. The number of aromatic nitrogens is 5. The lowest BCUT2D eigenvalue weighted by molar-refractivity contribution is 0.253. The number of anilines is 2. The van der Waals surface area contributed by atoms with E-state index >= 15 is 0 Å². The minimum atomic E-state index is -0.443. The van der Waals surface area contributed by atoms with Crippen LogP contribution in [0.4, 0.5) is 15.8 Å². The molecule has 10 heteroatoms. The Balaban J connectivity index is 1.74. The van der Waals surface area contributed by atoms with Crippen LogP contribution in [0.5, 0.6) is 5.88 Å². The summed E-state index contributed by atoms with van der Waals surface area (Å²) in [4.78, 5) is 6.23. The van der Waals surface area contributed by atoms with E-state index in [2.05, 4.69) is 30.7 Å². The molecule has 8 nitrogen and oxygen atoms in total. The van der Waals surface area contributed by atoms with E-state index in [1.54, 1.807) is 18.5 Å². The molecule has 4 aromatic rings. The van der Waals surface area contributed by atoms with Crippen LogP contribution in [0.3, 0.4) is 0 Å². The lowest BCUT2D eigenvalue weighted by atomic mass is 10.1. The molecule has 0 bridgehead atoms. The highest BCUT2D eigenvalue weighted by Crippen LogP contribution is 2.33. The minimum Gasteiger partial charge on any atom is -0.474 e. The van der Waals surface area contributed by atoms with Gasteiger partial charge in [-0.05, 0) is 44.4 Å². The summed E-state index contributed by atoms with van der Waals surface area (Å²) in [5.41, 5.74) is 2.50. The number of H-pyrrole nitrogens is 1. The summed E-state index contributed by atoms with van der Waals surface area (Å²) < 4.78 is 20.2. The Labute approximate surface area is 177 Å². The van der Waals surface area contributed by atoms with Crippen molar-refractivity contribution in [3.05, 3.63) is 53.6 Å². The summed E-state index contributed by atoms with van der Waals surface area (Å²) in [7, 11) is 3.90. The Morgan fingerprint density at radius 2 is 2.03 bits per heavy atom. The number of hydrogen-bond donors (Lipinski definition) is 2. The molecule has 0 spiro atoms. The van der Waals surface area contributed by atoms with Gasteiger partial charge in [0.15, 0.2) is 5.65 Å². The van der Waals surface area contributed by atoms with E-state index < -0.39 is 5.82 Å². The predicted molar refractivity (Wildman–Crippen MR) is 114 cm³/mol. The molecule has 0 amide bonds. The van der Waals surface area contributed by atoms with Crippen LogP contribution in [-0.2, 0) is 0 Å². The number of pyridine rings is 1. The number of benzene rings is 1. The Morgan fingerprint density at radius 1 is 1.17 bits per heavy atom. The van der Waals surface area contributed by atoms with Gasteiger partial charge in [0.25, 0.3) is 5.88 Å². The summed E-state index contributed by atoms with van der Waals surface area (Å²) in [5, 5.41) is 19.7. The van der Waals surface area contributed by atoms with Gasteiger partial charge in [-0.1, -0.05) is 11.6 Å². The zero-order valence-electron chi connectivity index (χ0n) is 16.4. The van der Waals surface area contributed by atoms with Gasteiger partial charge < -0.3 is 15.0 Å². The molecule has 0 aliphatic heterocycles. The second-order valence-electron chi connectivity index (χ2n) is 6.84. The molecule has 0 saturated heterocycles. The quantitative estimate of drug-likeness (QED) is 0.462. The number of likely N-dealkylation sites (N-methyl/N-ethyl adjacent to an activating group) is 1. The maximum atomic E-state index is 14.4. The standard InChI is InChI=1S/C20H19ClFN7O/c1-29(2)7-8-30-20-18(25-16-5-6-23-19-14(16)11-24-27-19)10-17(26-28-20)13-9-12(21)3-4-15(13)22/h3-6,9-11H,7-8H2,1-2H3,(H2,23,24,25,26,27). The summed E-state index contributed by atoms with van der Waals surface area (Å²) in [6.07, 6.45) is 3.32. The molecule has 30 heavy (non-hydrogen) atoms. The van der Waals surface area contributed by atoms with Gasteiger partial charge in [0, 0.05) is 23.3 Å². The van der Waals surface area contributed by atoms with Gasteiger partial charge >= 0.3 is 0 Å². The highest BCUT2D eigenvalue weighted by molar-refractivity contribution is 6.30. The molecule has 0 unspecified atom stereocenters. The molecule has 0 aliphatic rings. The molecule has 154 valence electrons. The summed E-state index contributed by atoms with van der Waals surface area (Å²) in [6.45, 7) is 1.12. The first kappa shape index (κ1) is 20.0. The van der Waals surface area contributed by atoms with E-state index in [1.165, 1.54) is 18.2 Å². The molecule has 0 fully saturated rings. The number of nitrogens with zero attached hydrogens (tertiary/aromatic N) is 5. The average molecular weight is 428 g/mol. The number of fused-ring (bicyclic) bond motifs is 1. The molecular weight excluding hydrogens is 409 g/mol. The molecule has 0 saturated carbocycles. The van der Waals surface area contributed by atoms with Crippen molar-refractivity contribution in [1.29, 1.82) is 0 Å². The highest BCUT2D eigenvalue weighted by Gasteiger charge is 2.15. The number of rotatable bonds is 7. The molecule has 0 aliphatic carbocycles. The molecule has 1 aromatic carbocycles.